The van der Waals surface area contributed by atoms with Crippen LogP contribution in [0.4, 0.5) is 5.82 Å². The Hall–Kier alpha value is -0.390. The third kappa shape index (κ3) is 1.84. The third-order valence-electron chi connectivity index (χ3n) is 3.63. The summed E-state index contributed by atoms with van der Waals surface area (Å²) in [6, 6.07) is 0.691. The Morgan fingerprint density at radius 2 is 2.00 bits per heavy atom. The molecule has 0 aromatic carbocycles. The summed E-state index contributed by atoms with van der Waals surface area (Å²) in [5.74, 6) is 2.86. The van der Waals surface area contributed by atoms with Gasteiger partial charge in [0, 0.05) is 12.2 Å². The molecule has 15 heavy (non-hydrogen) atoms. The number of hydrogen-bond acceptors (Lipinski definition) is 3. The van der Waals surface area contributed by atoms with Gasteiger partial charge in [-0.1, -0.05) is 12.8 Å². The first-order valence-electron chi connectivity index (χ1n) is 5.58. The topological polar surface area (TPSA) is 37.8 Å². The third-order valence-corrected chi connectivity index (χ3v) is 4.42. The summed E-state index contributed by atoms with van der Waals surface area (Å²) in [7, 11) is 0. The Bertz CT molecular complexity index is 357. The van der Waals surface area contributed by atoms with Crippen molar-refractivity contribution in [1.29, 1.82) is 0 Å². The molecular weight excluding hydrogens is 301 g/mol. The molecule has 2 saturated carbocycles. The predicted octanol–water partition coefficient (Wildman–Crippen LogP) is 2.68. The van der Waals surface area contributed by atoms with Crippen LogP contribution in [0.1, 0.15) is 25.7 Å². The number of halogens is 1. The number of fused-ring (bicyclic) bond motifs is 1. The highest BCUT2D eigenvalue weighted by atomic mass is 127. The van der Waals surface area contributed by atoms with Crippen LogP contribution in [0.3, 0.4) is 0 Å². The van der Waals surface area contributed by atoms with Gasteiger partial charge in [0.05, 0.1) is 3.57 Å². The van der Waals surface area contributed by atoms with E-state index in [4.69, 9.17) is 0 Å². The van der Waals surface area contributed by atoms with Gasteiger partial charge in [-0.3, -0.25) is 0 Å². The molecule has 0 amide bonds. The SMILES string of the molecule is Ic1cncnc1NC1C2CCCCC21. The van der Waals surface area contributed by atoms with Crippen molar-refractivity contribution < 1.29 is 0 Å². The van der Waals surface area contributed by atoms with E-state index >= 15 is 0 Å². The molecule has 3 rings (SSSR count). The van der Waals surface area contributed by atoms with E-state index in [1.54, 1.807) is 6.33 Å². The molecule has 1 aromatic rings. The molecule has 2 aliphatic rings. The van der Waals surface area contributed by atoms with Crippen LogP contribution in [-0.4, -0.2) is 16.0 Å². The summed E-state index contributed by atoms with van der Waals surface area (Å²) in [5, 5.41) is 3.57. The van der Waals surface area contributed by atoms with E-state index in [1.165, 1.54) is 25.7 Å². The van der Waals surface area contributed by atoms with Gasteiger partial charge in [0.15, 0.2) is 0 Å². The first-order chi connectivity index (χ1) is 7.36. The Kier molecular flexibility index (Phi) is 2.54. The number of nitrogens with one attached hydrogen (secondary N) is 1. The molecule has 2 fully saturated rings. The Balaban J connectivity index is 1.69. The highest BCUT2D eigenvalue weighted by molar-refractivity contribution is 14.1. The summed E-state index contributed by atoms with van der Waals surface area (Å²) < 4.78 is 1.12. The number of hydrogen-bond donors (Lipinski definition) is 1. The zero-order valence-electron chi connectivity index (χ0n) is 8.49. The Morgan fingerprint density at radius 1 is 1.27 bits per heavy atom. The first kappa shape index (κ1) is 9.81. The van der Waals surface area contributed by atoms with Crippen molar-refractivity contribution >= 4 is 28.4 Å². The monoisotopic (exact) mass is 315 g/mol. The van der Waals surface area contributed by atoms with Gasteiger partial charge in [-0.15, -0.1) is 0 Å². The van der Waals surface area contributed by atoms with Crippen LogP contribution < -0.4 is 5.32 Å². The molecule has 3 nitrogen and oxygen atoms in total. The minimum absolute atomic E-state index is 0.691. The molecule has 2 aliphatic carbocycles. The molecule has 0 saturated heterocycles. The van der Waals surface area contributed by atoms with Gasteiger partial charge in [0.2, 0.25) is 0 Å². The maximum Gasteiger partial charge on any atom is 0.143 e. The molecule has 0 bridgehead atoms. The highest BCUT2D eigenvalue weighted by Crippen LogP contribution is 2.51. The molecule has 0 aliphatic heterocycles. The van der Waals surface area contributed by atoms with Crippen LogP contribution >= 0.6 is 22.6 Å². The summed E-state index contributed by atoms with van der Waals surface area (Å²) in [6.07, 6.45) is 9.13. The maximum absolute atomic E-state index is 4.29. The first-order valence-corrected chi connectivity index (χ1v) is 6.66. The van der Waals surface area contributed by atoms with E-state index in [1.807, 2.05) is 6.20 Å². The summed E-state index contributed by atoms with van der Waals surface area (Å²) in [4.78, 5) is 8.29. The molecule has 1 aromatic heterocycles. The van der Waals surface area contributed by atoms with E-state index in [-0.39, 0.29) is 0 Å². The van der Waals surface area contributed by atoms with Gasteiger partial charge < -0.3 is 5.32 Å². The zero-order valence-corrected chi connectivity index (χ0v) is 10.6. The van der Waals surface area contributed by atoms with Gasteiger partial charge in [-0.05, 0) is 47.3 Å². The van der Waals surface area contributed by atoms with Gasteiger partial charge in [-0.25, -0.2) is 9.97 Å². The Morgan fingerprint density at radius 3 is 2.67 bits per heavy atom. The minimum Gasteiger partial charge on any atom is -0.366 e. The Labute approximate surface area is 103 Å². The van der Waals surface area contributed by atoms with E-state index in [9.17, 15) is 0 Å². The summed E-state index contributed by atoms with van der Waals surface area (Å²) in [5.41, 5.74) is 0. The zero-order chi connectivity index (χ0) is 10.3. The normalized spacial score (nSPS) is 33.3. The van der Waals surface area contributed by atoms with Crippen LogP contribution in [0.2, 0.25) is 0 Å². The lowest BCUT2D eigenvalue weighted by molar-refractivity contribution is 0.480. The van der Waals surface area contributed by atoms with Crippen molar-refractivity contribution in [2.75, 3.05) is 5.32 Å². The molecule has 1 heterocycles. The van der Waals surface area contributed by atoms with E-state index in [0.29, 0.717) is 6.04 Å². The molecule has 2 unspecified atom stereocenters. The van der Waals surface area contributed by atoms with Crippen molar-refractivity contribution in [3.8, 4) is 0 Å². The highest BCUT2D eigenvalue weighted by Gasteiger charge is 2.50. The minimum atomic E-state index is 0.691. The lowest BCUT2D eigenvalue weighted by Crippen LogP contribution is -2.08. The quantitative estimate of drug-likeness (QED) is 0.853. The fourth-order valence-electron chi connectivity index (χ4n) is 2.78. The van der Waals surface area contributed by atoms with Gasteiger partial charge >= 0.3 is 0 Å². The standard InChI is InChI=1S/C11H14IN3/c12-9-5-13-6-14-11(9)15-10-7-3-1-2-4-8(7)10/h5-8,10H,1-4H2,(H,13,14,15). The molecule has 2 atom stereocenters. The molecule has 4 heteroatoms. The molecule has 0 spiro atoms. The molecule has 80 valence electrons. The average Bonchev–Trinajstić information content (AvgIpc) is 2.96. The van der Waals surface area contributed by atoms with Crippen LogP contribution in [0, 0.1) is 15.4 Å². The fraction of sp³-hybridized carbons (Fsp3) is 0.636. The smallest absolute Gasteiger partial charge is 0.143 e. The molecule has 1 N–H and O–H groups in total. The van der Waals surface area contributed by atoms with E-state index in [2.05, 4.69) is 37.9 Å². The number of aromatic nitrogens is 2. The van der Waals surface area contributed by atoms with Crippen molar-refractivity contribution in [3.63, 3.8) is 0 Å². The van der Waals surface area contributed by atoms with Gasteiger partial charge in [0.1, 0.15) is 12.1 Å². The number of rotatable bonds is 2. The van der Waals surface area contributed by atoms with Crippen molar-refractivity contribution in [3.05, 3.63) is 16.1 Å². The van der Waals surface area contributed by atoms with Gasteiger partial charge in [-0.2, -0.15) is 0 Å². The second-order valence-corrected chi connectivity index (χ2v) is 5.66. The molecular formula is C11H14IN3. The second kappa shape index (κ2) is 3.88. The van der Waals surface area contributed by atoms with Crippen LogP contribution in [-0.2, 0) is 0 Å². The predicted molar refractivity (Wildman–Crippen MR) is 67.6 cm³/mol. The number of anilines is 1. The number of nitrogens with zero attached hydrogens (tertiary/aromatic N) is 2. The summed E-state index contributed by atoms with van der Waals surface area (Å²) in [6.45, 7) is 0. The van der Waals surface area contributed by atoms with E-state index < -0.39 is 0 Å². The molecule has 0 radical (unpaired) electrons. The lowest BCUT2D eigenvalue weighted by Gasteiger charge is -2.05. The van der Waals surface area contributed by atoms with Crippen molar-refractivity contribution in [1.82, 2.24) is 9.97 Å². The largest absolute Gasteiger partial charge is 0.366 e. The second-order valence-electron chi connectivity index (χ2n) is 4.50. The fourth-order valence-corrected chi connectivity index (χ4v) is 3.24. The van der Waals surface area contributed by atoms with Crippen LogP contribution in [0.25, 0.3) is 0 Å². The van der Waals surface area contributed by atoms with Gasteiger partial charge in [0.25, 0.3) is 0 Å². The van der Waals surface area contributed by atoms with Crippen molar-refractivity contribution in [2.24, 2.45) is 11.8 Å². The van der Waals surface area contributed by atoms with Crippen LogP contribution in [0.15, 0.2) is 12.5 Å². The summed E-state index contributed by atoms with van der Waals surface area (Å²) >= 11 is 2.29. The van der Waals surface area contributed by atoms with Crippen LogP contribution in [0.5, 0.6) is 0 Å². The van der Waals surface area contributed by atoms with Crippen molar-refractivity contribution in [2.45, 2.75) is 31.7 Å². The average molecular weight is 315 g/mol. The maximum atomic E-state index is 4.29. The lowest BCUT2D eigenvalue weighted by atomic mass is 10.0. The van der Waals surface area contributed by atoms with E-state index in [0.717, 1.165) is 21.2 Å².